The second kappa shape index (κ2) is 8.49. The van der Waals surface area contributed by atoms with Gasteiger partial charge in [-0.05, 0) is 67.3 Å². The first kappa shape index (κ1) is 18.6. The van der Waals surface area contributed by atoms with E-state index in [1.807, 2.05) is 37.3 Å². The van der Waals surface area contributed by atoms with E-state index in [1.54, 1.807) is 11.3 Å². The zero-order chi connectivity index (χ0) is 18.4. The molecule has 0 aliphatic carbocycles. The van der Waals surface area contributed by atoms with Gasteiger partial charge in [0.15, 0.2) is 0 Å². The van der Waals surface area contributed by atoms with Crippen LogP contribution in [-0.4, -0.2) is 17.3 Å². The van der Waals surface area contributed by atoms with Gasteiger partial charge in [0.2, 0.25) is 0 Å². The number of aliphatic hydroxyl groups is 1. The average molecular weight is 368 g/mol. The summed E-state index contributed by atoms with van der Waals surface area (Å²) in [7, 11) is 0. The lowest BCUT2D eigenvalue weighted by atomic mass is 9.98. The Labute approximate surface area is 159 Å². The number of aryl methyl sites for hydroxylation is 1. The Morgan fingerprint density at radius 3 is 2.42 bits per heavy atom. The summed E-state index contributed by atoms with van der Waals surface area (Å²) in [6.07, 6.45) is 1.66. The first-order chi connectivity index (χ1) is 12.6. The summed E-state index contributed by atoms with van der Waals surface area (Å²) in [5, 5.41) is 9.26. The van der Waals surface area contributed by atoms with E-state index in [1.165, 1.54) is 15.3 Å². The molecule has 26 heavy (non-hydrogen) atoms. The summed E-state index contributed by atoms with van der Waals surface area (Å²) in [5.41, 5.74) is 7.85. The molecule has 0 bridgehead atoms. The van der Waals surface area contributed by atoms with Crippen molar-refractivity contribution in [3.05, 3.63) is 77.2 Å². The number of nitrogens with two attached hydrogens (primary N) is 1. The highest BCUT2D eigenvalue weighted by molar-refractivity contribution is 7.15. The SMILES string of the molecule is CC(N)(CO)CCc1ccc(-c2ccc(OCc3ccccc3)cc2)s1. The Morgan fingerprint density at radius 2 is 1.73 bits per heavy atom. The van der Waals surface area contributed by atoms with Crippen molar-refractivity contribution in [3.63, 3.8) is 0 Å². The average Bonchev–Trinajstić information content (AvgIpc) is 3.15. The Morgan fingerprint density at radius 1 is 1.00 bits per heavy atom. The lowest BCUT2D eigenvalue weighted by Crippen LogP contribution is -2.40. The van der Waals surface area contributed by atoms with Crippen LogP contribution in [0.3, 0.4) is 0 Å². The van der Waals surface area contributed by atoms with Crippen molar-refractivity contribution < 1.29 is 9.84 Å². The van der Waals surface area contributed by atoms with Crippen LogP contribution in [0, 0.1) is 0 Å². The summed E-state index contributed by atoms with van der Waals surface area (Å²) in [4.78, 5) is 2.52. The minimum absolute atomic E-state index is 0.00960. The van der Waals surface area contributed by atoms with Crippen molar-refractivity contribution in [2.24, 2.45) is 5.73 Å². The van der Waals surface area contributed by atoms with Crippen LogP contribution >= 0.6 is 11.3 Å². The Hall–Kier alpha value is -2.14. The first-order valence-electron chi connectivity index (χ1n) is 8.81. The van der Waals surface area contributed by atoms with Gasteiger partial charge in [0.25, 0.3) is 0 Å². The fourth-order valence-electron chi connectivity index (χ4n) is 2.61. The molecular formula is C22H25NO2S. The van der Waals surface area contributed by atoms with Crippen molar-refractivity contribution in [2.75, 3.05) is 6.61 Å². The molecule has 3 rings (SSSR count). The molecule has 0 fully saturated rings. The van der Waals surface area contributed by atoms with E-state index in [9.17, 15) is 5.11 Å². The van der Waals surface area contributed by atoms with E-state index in [0.717, 1.165) is 24.2 Å². The largest absolute Gasteiger partial charge is 0.489 e. The van der Waals surface area contributed by atoms with Gasteiger partial charge in [0.05, 0.1) is 6.61 Å². The van der Waals surface area contributed by atoms with Crippen LogP contribution in [0.25, 0.3) is 10.4 Å². The lowest BCUT2D eigenvalue weighted by Gasteiger charge is -2.20. The molecule has 3 nitrogen and oxygen atoms in total. The van der Waals surface area contributed by atoms with Crippen LogP contribution in [0.5, 0.6) is 5.75 Å². The molecule has 0 spiro atoms. The molecule has 3 N–H and O–H groups in total. The van der Waals surface area contributed by atoms with Crippen LogP contribution < -0.4 is 10.5 Å². The Bertz CT molecular complexity index is 810. The molecule has 1 atom stereocenters. The molecule has 0 radical (unpaired) electrons. The quantitative estimate of drug-likeness (QED) is 0.610. The fraction of sp³-hybridized carbons (Fsp3) is 0.273. The lowest BCUT2D eigenvalue weighted by molar-refractivity contribution is 0.201. The topological polar surface area (TPSA) is 55.5 Å². The molecule has 0 amide bonds. The highest BCUT2D eigenvalue weighted by atomic mass is 32.1. The van der Waals surface area contributed by atoms with Gasteiger partial charge in [-0.3, -0.25) is 0 Å². The molecule has 3 aromatic rings. The van der Waals surface area contributed by atoms with Crippen molar-refractivity contribution in [1.82, 2.24) is 0 Å². The number of benzene rings is 2. The van der Waals surface area contributed by atoms with Crippen molar-refractivity contribution >= 4 is 11.3 Å². The zero-order valence-corrected chi connectivity index (χ0v) is 15.8. The summed E-state index contributed by atoms with van der Waals surface area (Å²) in [5.74, 6) is 0.872. The molecule has 0 saturated heterocycles. The number of hydrogen-bond donors (Lipinski definition) is 2. The van der Waals surface area contributed by atoms with Gasteiger partial charge in [0.1, 0.15) is 12.4 Å². The summed E-state index contributed by atoms with van der Waals surface area (Å²) >= 11 is 1.78. The van der Waals surface area contributed by atoms with Gasteiger partial charge in [-0.1, -0.05) is 30.3 Å². The van der Waals surface area contributed by atoms with E-state index >= 15 is 0 Å². The van der Waals surface area contributed by atoms with Crippen LogP contribution in [0.1, 0.15) is 23.8 Å². The standard InChI is InChI=1S/C22H25NO2S/c1-22(23,16-24)14-13-20-11-12-21(26-20)18-7-9-19(10-8-18)25-15-17-5-3-2-4-6-17/h2-12,24H,13-16,23H2,1H3. The predicted octanol–water partition coefficient (Wildman–Crippen LogP) is 4.64. The maximum absolute atomic E-state index is 9.26. The second-order valence-electron chi connectivity index (χ2n) is 6.88. The first-order valence-corrected chi connectivity index (χ1v) is 9.63. The Kier molecular flexibility index (Phi) is 6.09. The van der Waals surface area contributed by atoms with Crippen molar-refractivity contribution in [1.29, 1.82) is 0 Å². The van der Waals surface area contributed by atoms with Crippen molar-refractivity contribution in [2.45, 2.75) is 31.9 Å². The van der Waals surface area contributed by atoms with Gasteiger partial charge in [-0.25, -0.2) is 0 Å². The summed E-state index contributed by atoms with van der Waals surface area (Å²) in [6, 6.07) is 22.7. The third-order valence-electron chi connectivity index (χ3n) is 4.35. The summed E-state index contributed by atoms with van der Waals surface area (Å²) in [6.45, 7) is 2.47. The number of ether oxygens (including phenoxy) is 1. The number of thiophene rings is 1. The maximum Gasteiger partial charge on any atom is 0.119 e. The predicted molar refractivity (Wildman–Crippen MR) is 109 cm³/mol. The van der Waals surface area contributed by atoms with E-state index in [4.69, 9.17) is 10.5 Å². The van der Waals surface area contributed by atoms with Gasteiger partial charge >= 0.3 is 0 Å². The fourth-order valence-corrected chi connectivity index (χ4v) is 3.62. The van der Waals surface area contributed by atoms with E-state index in [2.05, 4.69) is 36.4 Å². The van der Waals surface area contributed by atoms with E-state index in [-0.39, 0.29) is 6.61 Å². The normalized spacial score (nSPS) is 13.3. The molecule has 136 valence electrons. The minimum Gasteiger partial charge on any atom is -0.489 e. The smallest absolute Gasteiger partial charge is 0.119 e. The second-order valence-corrected chi connectivity index (χ2v) is 8.05. The zero-order valence-electron chi connectivity index (χ0n) is 15.0. The van der Waals surface area contributed by atoms with Gasteiger partial charge < -0.3 is 15.6 Å². The molecule has 0 aliphatic heterocycles. The van der Waals surface area contributed by atoms with Gasteiger partial charge in [-0.2, -0.15) is 0 Å². The van der Waals surface area contributed by atoms with Crippen molar-refractivity contribution in [3.8, 4) is 16.2 Å². The third kappa shape index (κ3) is 5.18. The third-order valence-corrected chi connectivity index (χ3v) is 5.55. The number of aliphatic hydroxyl groups excluding tert-OH is 1. The minimum atomic E-state index is -0.512. The highest BCUT2D eigenvalue weighted by Gasteiger charge is 2.17. The van der Waals surface area contributed by atoms with Crippen LogP contribution in [0.4, 0.5) is 0 Å². The monoisotopic (exact) mass is 367 g/mol. The maximum atomic E-state index is 9.26. The van der Waals surface area contributed by atoms with E-state index in [0.29, 0.717) is 6.61 Å². The molecule has 2 aromatic carbocycles. The highest BCUT2D eigenvalue weighted by Crippen LogP contribution is 2.30. The van der Waals surface area contributed by atoms with Crippen LogP contribution in [0.2, 0.25) is 0 Å². The number of rotatable bonds is 8. The molecule has 0 saturated carbocycles. The van der Waals surface area contributed by atoms with Gasteiger partial charge in [-0.15, -0.1) is 11.3 Å². The Balaban J connectivity index is 1.58. The molecule has 1 unspecified atom stereocenters. The molecule has 1 heterocycles. The van der Waals surface area contributed by atoms with E-state index < -0.39 is 5.54 Å². The molecule has 0 aliphatic rings. The molecule has 1 aromatic heterocycles. The molecule has 4 heteroatoms. The van der Waals surface area contributed by atoms with Gasteiger partial charge in [0, 0.05) is 15.3 Å². The molecular weight excluding hydrogens is 342 g/mol. The number of hydrogen-bond acceptors (Lipinski definition) is 4. The van der Waals surface area contributed by atoms with Crippen LogP contribution in [-0.2, 0) is 13.0 Å². The van der Waals surface area contributed by atoms with Crippen LogP contribution in [0.15, 0.2) is 66.7 Å². The summed E-state index contributed by atoms with van der Waals surface area (Å²) < 4.78 is 5.84.